The smallest absolute Gasteiger partial charge is 0.0130 e. The lowest BCUT2D eigenvalue weighted by Crippen LogP contribution is -2.42. The zero-order valence-electron chi connectivity index (χ0n) is 14.2. The van der Waals surface area contributed by atoms with E-state index in [2.05, 4.69) is 67.3 Å². The molecule has 108 valence electrons. The van der Waals surface area contributed by atoms with Crippen molar-refractivity contribution in [2.45, 2.75) is 73.8 Å². The molecule has 0 spiro atoms. The summed E-state index contributed by atoms with van der Waals surface area (Å²) >= 11 is 0. The van der Waals surface area contributed by atoms with Crippen LogP contribution in [0.3, 0.4) is 0 Å². The first-order valence-corrected chi connectivity index (χ1v) is 7.23. The second-order valence-corrected chi connectivity index (χ2v) is 8.15. The predicted molar refractivity (Wildman–Crippen MR) is 83.9 cm³/mol. The first-order chi connectivity index (χ1) is 7.84. The third-order valence-corrected chi connectivity index (χ3v) is 4.11. The van der Waals surface area contributed by atoms with E-state index < -0.39 is 0 Å². The summed E-state index contributed by atoms with van der Waals surface area (Å²) < 4.78 is 0. The molecule has 1 nitrogen and oxygen atoms in total. The lowest BCUT2D eigenvalue weighted by Gasteiger charge is -2.43. The van der Waals surface area contributed by atoms with Crippen LogP contribution in [0.1, 0.15) is 68.2 Å². The van der Waals surface area contributed by atoms with Crippen molar-refractivity contribution in [3.05, 3.63) is 12.2 Å². The lowest BCUT2D eigenvalue weighted by atomic mass is 9.64. The van der Waals surface area contributed by atoms with Gasteiger partial charge < -0.3 is 5.32 Å². The molecule has 18 heavy (non-hydrogen) atoms. The Morgan fingerprint density at radius 3 is 1.78 bits per heavy atom. The van der Waals surface area contributed by atoms with Crippen LogP contribution in [0.2, 0.25) is 0 Å². The molecule has 0 fully saturated rings. The highest BCUT2D eigenvalue weighted by Crippen LogP contribution is 2.46. The Balaban J connectivity index is 4.95. The average molecular weight is 253 g/mol. The summed E-state index contributed by atoms with van der Waals surface area (Å²) in [5.74, 6) is 0.713. The topological polar surface area (TPSA) is 12.0 Å². The van der Waals surface area contributed by atoms with Crippen molar-refractivity contribution in [2.24, 2.45) is 16.7 Å². The SMILES string of the molecule is C=C(C(C)(C)CC(C)C)C(C)(C)CC(C)(C)NC. The van der Waals surface area contributed by atoms with Crippen molar-refractivity contribution in [3.8, 4) is 0 Å². The Morgan fingerprint density at radius 2 is 1.44 bits per heavy atom. The largest absolute Gasteiger partial charge is 0.315 e. The van der Waals surface area contributed by atoms with Gasteiger partial charge in [0.1, 0.15) is 0 Å². The van der Waals surface area contributed by atoms with E-state index >= 15 is 0 Å². The van der Waals surface area contributed by atoms with Crippen molar-refractivity contribution < 1.29 is 0 Å². The lowest BCUT2D eigenvalue weighted by molar-refractivity contribution is 0.214. The highest BCUT2D eigenvalue weighted by Gasteiger charge is 2.36. The van der Waals surface area contributed by atoms with Crippen molar-refractivity contribution in [3.63, 3.8) is 0 Å². The second-order valence-electron chi connectivity index (χ2n) is 8.15. The monoisotopic (exact) mass is 253 g/mol. The van der Waals surface area contributed by atoms with Gasteiger partial charge in [-0.25, -0.2) is 0 Å². The van der Waals surface area contributed by atoms with Crippen LogP contribution in [0.25, 0.3) is 0 Å². The van der Waals surface area contributed by atoms with E-state index in [1.54, 1.807) is 0 Å². The standard InChI is InChI=1S/C17H35N/c1-13(2)11-15(4,5)14(3)16(6,7)12-17(8,9)18-10/h13,18H,3,11-12H2,1-2,4-10H3. The summed E-state index contributed by atoms with van der Waals surface area (Å²) in [6.07, 6.45) is 2.31. The quantitative estimate of drug-likeness (QED) is 0.628. The third-order valence-electron chi connectivity index (χ3n) is 4.11. The van der Waals surface area contributed by atoms with Gasteiger partial charge >= 0.3 is 0 Å². The Morgan fingerprint density at radius 1 is 1.00 bits per heavy atom. The maximum absolute atomic E-state index is 4.44. The molecule has 0 aromatic rings. The van der Waals surface area contributed by atoms with E-state index in [0.29, 0.717) is 5.92 Å². The molecule has 1 heteroatoms. The predicted octanol–water partition coefficient (Wildman–Crippen LogP) is 5.03. The van der Waals surface area contributed by atoms with Gasteiger partial charge in [-0.15, -0.1) is 0 Å². The van der Waals surface area contributed by atoms with Gasteiger partial charge in [0.15, 0.2) is 0 Å². The van der Waals surface area contributed by atoms with Gasteiger partial charge in [0, 0.05) is 5.54 Å². The first kappa shape index (κ1) is 17.7. The molecule has 0 unspecified atom stereocenters. The molecule has 0 radical (unpaired) electrons. The summed E-state index contributed by atoms with van der Waals surface area (Å²) in [5.41, 5.74) is 1.90. The molecule has 0 aliphatic rings. The third kappa shape index (κ3) is 5.14. The highest BCUT2D eigenvalue weighted by molar-refractivity contribution is 5.17. The molecule has 0 rings (SSSR count). The van der Waals surface area contributed by atoms with Crippen molar-refractivity contribution >= 4 is 0 Å². The van der Waals surface area contributed by atoms with E-state index in [1.165, 1.54) is 12.0 Å². The van der Waals surface area contributed by atoms with Crippen molar-refractivity contribution in [2.75, 3.05) is 7.05 Å². The molecular weight excluding hydrogens is 218 g/mol. The van der Waals surface area contributed by atoms with Crippen LogP contribution in [0, 0.1) is 16.7 Å². The average Bonchev–Trinajstić information content (AvgIpc) is 2.13. The van der Waals surface area contributed by atoms with E-state index in [-0.39, 0.29) is 16.4 Å². The molecule has 0 aliphatic heterocycles. The van der Waals surface area contributed by atoms with Crippen LogP contribution in [0.5, 0.6) is 0 Å². The molecule has 0 aromatic carbocycles. The van der Waals surface area contributed by atoms with Crippen molar-refractivity contribution in [1.82, 2.24) is 5.32 Å². The van der Waals surface area contributed by atoms with E-state index in [9.17, 15) is 0 Å². The van der Waals surface area contributed by atoms with E-state index in [0.717, 1.165) is 6.42 Å². The van der Waals surface area contributed by atoms with Gasteiger partial charge in [0.05, 0.1) is 0 Å². The van der Waals surface area contributed by atoms with Gasteiger partial charge in [-0.05, 0) is 50.5 Å². The molecule has 0 saturated heterocycles. The molecule has 0 aliphatic carbocycles. The minimum atomic E-state index is 0.153. The Hall–Kier alpha value is -0.300. The summed E-state index contributed by atoms with van der Waals surface area (Å²) in [5, 5.41) is 3.40. The number of nitrogens with one attached hydrogen (secondary N) is 1. The summed E-state index contributed by atoms with van der Waals surface area (Å²) in [6, 6.07) is 0. The summed E-state index contributed by atoms with van der Waals surface area (Å²) in [7, 11) is 2.04. The molecule has 0 atom stereocenters. The summed E-state index contributed by atoms with van der Waals surface area (Å²) in [6.45, 7) is 22.9. The van der Waals surface area contributed by atoms with Crippen LogP contribution in [0.15, 0.2) is 12.2 Å². The number of hydrogen-bond donors (Lipinski definition) is 1. The Bertz CT molecular complexity index is 282. The maximum atomic E-state index is 4.44. The molecule has 1 N–H and O–H groups in total. The normalized spacial score (nSPS) is 14.1. The van der Waals surface area contributed by atoms with Crippen LogP contribution >= 0.6 is 0 Å². The number of allylic oxidation sites excluding steroid dienone is 1. The van der Waals surface area contributed by atoms with Crippen LogP contribution in [-0.4, -0.2) is 12.6 Å². The van der Waals surface area contributed by atoms with Crippen molar-refractivity contribution in [1.29, 1.82) is 0 Å². The van der Waals surface area contributed by atoms with E-state index in [4.69, 9.17) is 0 Å². The van der Waals surface area contributed by atoms with Gasteiger partial charge in [0.2, 0.25) is 0 Å². The minimum Gasteiger partial charge on any atom is -0.315 e. The zero-order chi connectivity index (χ0) is 14.8. The minimum absolute atomic E-state index is 0.153. The molecule has 0 heterocycles. The van der Waals surface area contributed by atoms with Crippen LogP contribution < -0.4 is 5.32 Å². The van der Waals surface area contributed by atoms with Crippen LogP contribution in [-0.2, 0) is 0 Å². The van der Waals surface area contributed by atoms with Gasteiger partial charge in [-0.1, -0.05) is 53.7 Å². The van der Waals surface area contributed by atoms with Crippen LogP contribution in [0.4, 0.5) is 0 Å². The number of rotatable bonds is 7. The van der Waals surface area contributed by atoms with Gasteiger partial charge in [-0.3, -0.25) is 0 Å². The van der Waals surface area contributed by atoms with Gasteiger partial charge in [-0.2, -0.15) is 0 Å². The molecular formula is C17H35N. The maximum Gasteiger partial charge on any atom is 0.0130 e. The van der Waals surface area contributed by atoms with E-state index in [1.807, 2.05) is 7.05 Å². The fourth-order valence-corrected chi connectivity index (χ4v) is 3.36. The second kappa shape index (κ2) is 5.77. The number of hydrogen-bond acceptors (Lipinski definition) is 1. The summed E-state index contributed by atoms with van der Waals surface area (Å²) in [4.78, 5) is 0. The first-order valence-electron chi connectivity index (χ1n) is 7.23. The molecule has 0 amide bonds. The molecule has 0 saturated carbocycles. The fourth-order valence-electron chi connectivity index (χ4n) is 3.36. The zero-order valence-corrected chi connectivity index (χ0v) is 14.2. The Kier molecular flexibility index (Phi) is 5.68. The fraction of sp³-hybridized carbons (Fsp3) is 0.882. The Labute approximate surface area is 115 Å². The highest BCUT2D eigenvalue weighted by atomic mass is 14.9. The molecule has 0 bridgehead atoms. The molecule has 0 aromatic heterocycles. The van der Waals surface area contributed by atoms with Gasteiger partial charge in [0.25, 0.3) is 0 Å².